The van der Waals surface area contributed by atoms with Crippen LogP contribution in [0.1, 0.15) is 235 Å². The van der Waals surface area contributed by atoms with Crippen molar-refractivity contribution in [2.45, 2.75) is 375 Å². The van der Waals surface area contributed by atoms with Crippen LogP contribution in [0.5, 0.6) is 0 Å². The Bertz CT molecular complexity index is 5110. The molecule has 0 saturated carbocycles. The van der Waals surface area contributed by atoms with Gasteiger partial charge in [0.05, 0.1) is 60.1 Å². The van der Waals surface area contributed by atoms with Crippen LogP contribution in [0.3, 0.4) is 0 Å². The highest BCUT2D eigenvalue weighted by Crippen LogP contribution is 2.45. The number of amides is 4. The van der Waals surface area contributed by atoms with E-state index in [-0.39, 0.29) is 53.9 Å². The van der Waals surface area contributed by atoms with Crippen molar-refractivity contribution >= 4 is 59.3 Å². The summed E-state index contributed by atoms with van der Waals surface area (Å²) >= 11 is 0. The second kappa shape index (κ2) is 48.9. The van der Waals surface area contributed by atoms with E-state index < -0.39 is 161 Å². The number of hydrogen-bond acceptors (Lipinski definition) is 29. The van der Waals surface area contributed by atoms with Crippen molar-refractivity contribution in [3.05, 3.63) is 133 Å². The molecule has 6 unspecified atom stereocenters. The van der Waals surface area contributed by atoms with Gasteiger partial charge in [-0.15, -0.1) is 10.2 Å². The number of rotatable bonds is 27. The summed E-state index contributed by atoms with van der Waals surface area (Å²) in [5.41, 5.74) is 6.76. The SMILES string of the molecule is CC[C@H]1OC(=O)[C@H](C)C(=O)[C@H](C)[C@@H](O[C@@H]2OC(C)CC(N(Cc3ccccc3)Cc3ccccc3)C2C)[C@](C)(OC)C[C@@H](C)CN[C@H](C)[C@H]2N(CCCCn3cc(-c4cccc(NC(=O)OC(C)(C)C)c4)nn3)C(=O)O[C@]12C.CC[C@H]1OC(=O)[C@H](C)C(=O)[C@H](C)[C@@H](O[C@@H]2OC(C)CC(N)C2O)[C@](C)(OC)C[C@@H](C)CN[C@H](C)[C@H]2N(CCCCn3cc(-c4cccc(NC(=O)OC(C)(C)C)c4)nn3)C(=O)O[C@]12C. The maximum Gasteiger partial charge on any atom is 0.412 e. The summed E-state index contributed by atoms with van der Waals surface area (Å²) in [6.45, 7) is 47.3. The topological polar surface area (TPSA) is 413 Å². The molecule has 0 spiro atoms. The predicted molar refractivity (Wildman–Crippen MR) is 537 cm³/mol. The molecular formula is C107H160N14O21. The Balaban J connectivity index is 0.000000277. The van der Waals surface area contributed by atoms with E-state index in [0.29, 0.717) is 120 Å². The van der Waals surface area contributed by atoms with Gasteiger partial charge in [0.1, 0.15) is 52.7 Å². The van der Waals surface area contributed by atoms with Gasteiger partial charge in [-0.3, -0.25) is 53.9 Å². The molecule has 6 aliphatic rings. The zero-order chi connectivity index (χ0) is 104. The molecular weight excluding hydrogens is 1820 g/mol. The highest BCUT2D eigenvalue weighted by Gasteiger charge is 2.61. The van der Waals surface area contributed by atoms with Crippen LogP contribution in [0.25, 0.3) is 22.5 Å². The molecule has 6 aromatic rings. The Kier molecular flexibility index (Phi) is 38.7. The lowest BCUT2D eigenvalue weighted by Crippen LogP contribution is -2.61. The quantitative estimate of drug-likeness (QED) is 0.0121. The molecule has 142 heavy (non-hydrogen) atoms. The van der Waals surface area contributed by atoms with Gasteiger partial charge in [0.15, 0.2) is 35.3 Å². The Labute approximate surface area is 838 Å². The number of nitrogens with one attached hydrogen (secondary N) is 4. The average Bonchev–Trinajstić information content (AvgIpc) is 1.61. The molecule has 12 rings (SSSR count). The Morgan fingerprint density at radius 2 is 0.923 bits per heavy atom. The van der Waals surface area contributed by atoms with E-state index in [9.17, 15) is 43.5 Å². The maximum absolute atomic E-state index is 14.9. The van der Waals surface area contributed by atoms with Gasteiger partial charge in [0, 0.05) is 118 Å². The average molecular weight is 1980 g/mol. The number of cyclic esters (lactones) is 2. The Hall–Kier alpha value is -9.92. The minimum absolute atomic E-state index is 0.00849. The van der Waals surface area contributed by atoms with Crippen LogP contribution in [-0.4, -0.2) is 263 Å². The number of methoxy groups -OCH3 is 2. The van der Waals surface area contributed by atoms with Crippen LogP contribution < -0.4 is 27.0 Å². The number of aliphatic hydroxyl groups excluding tert-OH is 1. The highest BCUT2D eigenvalue weighted by atomic mass is 16.7. The number of aryl methyl sites for hydroxylation is 2. The zero-order valence-electron chi connectivity index (χ0n) is 88.2. The largest absolute Gasteiger partial charge is 0.458 e. The molecule has 6 aliphatic heterocycles. The number of hydrogen-bond donors (Lipinski definition) is 6. The van der Waals surface area contributed by atoms with E-state index in [2.05, 4.69) is 123 Å². The van der Waals surface area contributed by atoms with Gasteiger partial charge < -0.3 is 78.3 Å². The van der Waals surface area contributed by atoms with Gasteiger partial charge in [-0.25, -0.2) is 19.2 Å². The van der Waals surface area contributed by atoms with Gasteiger partial charge in [0.2, 0.25) is 0 Å². The van der Waals surface area contributed by atoms with Crippen molar-refractivity contribution in [2.75, 3.05) is 51.0 Å². The standard InChI is InChI=1S/C61H87N7O10.C46H73N7O11/c1-14-51-61(12)53(68(58(72)78-61)31-22-21-30-67-38-49(64-65-67)47-28-23-29-48(33-47)63-57(71)77-59(8,9)10)44(7)62-35-39(2)34-60(11,73-13)54(42(5)52(69)43(6)55(70)75-51)76-56-41(4)50(32-40(3)74-56)66(36-45-24-17-15-18-25-45)37-46-26-19-16-20-27-46;1-13-35-46(11)38(53(43(58)64-46)20-15-14-19-52-25-34(50-51-52)31-17-16-18-32(22-31)49-42(57)63-44(7,8)9)30(6)48-24-26(2)23-45(10,59-12)39(28(4)36(54)29(5)40(56)61-35)62-41-37(55)33(47)21-27(3)60-41/h15-20,23-29,33,38-44,50-51,53-54,56,62H,14,21-22,30-32,34-37H2,1-13H3,(H,63,71);16-18,22,25-30,33,35,37-39,41,48,55H,13-15,19-21,23-24,47H2,1-12H3,(H,49,57)/t39-,40?,41?,42+,43-,44-,50?,51-,53-,54-,56+,60-,61-;26-,27?,28+,29-,30-,33?,35-,37?,38-,39-,41+,45-,46-/m11/s1. The molecule has 4 aromatic carbocycles. The summed E-state index contributed by atoms with van der Waals surface area (Å²) in [6, 6.07) is 33.3. The number of benzene rings is 4. The summed E-state index contributed by atoms with van der Waals surface area (Å²) in [7, 11) is 3.21. The zero-order valence-corrected chi connectivity index (χ0v) is 88.2. The number of unbranched alkanes of at least 4 members (excludes halogenated alkanes) is 2. The van der Waals surface area contributed by atoms with Gasteiger partial charge in [-0.1, -0.05) is 144 Å². The molecule has 26 atom stereocenters. The van der Waals surface area contributed by atoms with Crippen LogP contribution in [0.2, 0.25) is 0 Å². The monoisotopic (exact) mass is 1980 g/mol. The fourth-order valence-corrected chi connectivity index (χ4v) is 21.5. The molecule has 0 bridgehead atoms. The predicted octanol–water partition coefficient (Wildman–Crippen LogP) is 15.9. The first-order valence-electron chi connectivity index (χ1n) is 50.9. The number of carbonyl (C=O) groups excluding carboxylic acids is 8. The normalized spacial score (nSPS) is 32.3. The summed E-state index contributed by atoms with van der Waals surface area (Å²) in [5.74, 6) is -6.47. The number of ether oxygens (including phenoxy) is 12. The fraction of sp³-hybridized carbons (Fsp3) is 0.664. The first-order chi connectivity index (χ1) is 67.0. The van der Waals surface area contributed by atoms with E-state index in [1.807, 2.05) is 138 Å². The lowest BCUT2D eigenvalue weighted by Gasteiger charge is -2.48. The lowest BCUT2D eigenvalue weighted by molar-refractivity contribution is -0.288. The second-order valence-corrected chi connectivity index (χ2v) is 43.2. The number of anilines is 2. The summed E-state index contributed by atoms with van der Waals surface area (Å²) in [5, 5.41) is 41.4. The molecule has 0 radical (unpaired) electrons. The van der Waals surface area contributed by atoms with Gasteiger partial charge in [-0.2, -0.15) is 0 Å². The third-order valence-corrected chi connectivity index (χ3v) is 28.9. The third-order valence-electron chi connectivity index (χ3n) is 28.9. The van der Waals surface area contributed by atoms with Crippen molar-refractivity contribution in [1.82, 2.24) is 55.3 Å². The van der Waals surface area contributed by atoms with Crippen molar-refractivity contribution in [2.24, 2.45) is 47.2 Å². The minimum atomic E-state index is -1.27. The van der Waals surface area contributed by atoms with E-state index in [4.69, 9.17) is 62.6 Å². The first-order valence-corrected chi connectivity index (χ1v) is 50.9. The summed E-state index contributed by atoms with van der Waals surface area (Å²) in [4.78, 5) is 116. The van der Waals surface area contributed by atoms with Crippen LogP contribution >= 0.6 is 0 Å². The van der Waals surface area contributed by atoms with Crippen LogP contribution in [-0.2, 0) is 102 Å². The number of carbonyl (C=O) groups is 8. The van der Waals surface area contributed by atoms with Crippen LogP contribution in [0.15, 0.2) is 122 Å². The van der Waals surface area contributed by atoms with E-state index in [1.165, 1.54) is 18.1 Å². The molecule has 0 aliphatic carbocycles. The van der Waals surface area contributed by atoms with E-state index in [1.54, 1.807) is 93.1 Å². The van der Waals surface area contributed by atoms with Gasteiger partial charge in [0.25, 0.3) is 0 Å². The highest BCUT2D eigenvalue weighted by molar-refractivity contribution is 6.01. The number of aromatic nitrogens is 6. The van der Waals surface area contributed by atoms with Gasteiger partial charge >= 0.3 is 36.3 Å². The van der Waals surface area contributed by atoms with Crippen LogP contribution in [0, 0.1) is 41.4 Å². The number of aliphatic hydroxyl groups is 1. The third kappa shape index (κ3) is 28.4. The molecule has 784 valence electrons. The van der Waals surface area contributed by atoms with E-state index in [0.717, 1.165) is 30.6 Å². The molecule has 8 heterocycles. The molecule has 6 fully saturated rings. The fourth-order valence-electron chi connectivity index (χ4n) is 21.5. The number of esters is 2. The molecule has 35 heteroatoms. The smallest absolute Gasteiger partial charge is 0.412 e. The van der Waals surface area contributed by atoms with Crippen molar-refractivity contribution in [3.8, 4) is 22.5 Å². The maximum atomic E-state index is 14.9. The van der Waals surface area contributed by atoms with Crippen molar-refractivity contribution in [1.29, 1.82) is 0 Å². The number of Topliss-reactive ketones (excluding diaryl/α,β-unsaturated/α-hetero) is 2. The number of ketones is 2. The Morgan fingerprint density at radius 3 is 1.32 bits per heavy atom. The molecule has 35 nitrogen and oxygen atoms in total. The van der Waals surface area contributed by atoms with E-state index >= 15 is 0 Å². The summed E-state index contributed by atoms with van der Waals surface area (Å²) < 4.78 is 78.6. The number of fused-ring (bicyclic) bond motifs is 2. The molecule has 2 aromatic heterocycles. The first kappa shape index (κ1) is 112. The molecule has 7 N–H and O–H groups in total. The molecule has 4 amide bonds. The van der Waals surface area contributed by atoms with Crippen LogP contribution in [0.4, 0.5) is 30.6 Å². The van der Waals surface area contributed by atoms with Gasteiger partial charge in [-0.05, 0) is 235 Å². The van der Waals surface area contributed by atoms with Crippen molar-refractivity contribution in [3.63, 3.8) is 0 Å². The van der Waals surface area contributed by atoms with Crippen molar-refractivity contribution < 1.29 is 100 Å². The second-order valence-electron chi connectivity index (χ2n) is 43.2. The number of nitrogens with zero attached hydrogens (tertiary/aromatic N) is 9. The number of nitrogens with two attached hydrogens (primary N) is 1. The lowest BCUT2D eigenvalue weighted by atomic mass is 9.78. The Morgan fingerprint density at radius 1 is 0.535 bits per heavy atom. The summed E-state index contributed by atoms with van der Waals surface area (Å²) in [6.07, 6.45) is 0.00889. The molecule has 6 saturated heterocycles. The minimum Gasteiger partial charge on any atom is -0.458 e.